The second-order valence-corrected chi connectivity index (χ2v) is 5.74. The van der Waals surface area contributed by atoms with Crippen molar-refractivity contribution in [2.45, 2.75) is 25.8 Å². The lowest BCUT2D eigenvalue weighted by atomic mass is 9.93. The number of ether oxygens (including phenoxy) is 1. The van der Waals surface area contributed by atoms with Crippen molar-refractivity contribution < 1.29 is 9.53 Å². The van der Waals surface area contributed by atoms with Gasteiger partial charge in [-0.1, -0.05) is 36.4 Å². The van der Waals surface area contributed by atoms with Gasteiger partial charge in [0.1, 0.15) is 5.75 Å². The maximum absolute atomic E-state index is 12.6. The summed E-state index contributed by atoms with van der Waals surface area (Å²) in [4.78, 5) is 14.6. The van der Waals surface area contributed by atoms with Crippen LogP contribution in [0.2, 0.25) is 0 Å². The third kappa shape index (κ3) is 2.84. The molecule has 0 bridgehead atoms. The predicted molar refractivity (Wildman–Crippen MR) is 87.0 cm³/mol. The summed E-state index contributed by atoms with van der Waals surface area (Å²) >= 11 is 0. The normalized spacial score (nSPS) is 17.0. The van der Waals surface area contributed by atoms with Crippen molar-refractivity contribution in [1.29, 1.82) is 0 Å². The van der Waals surface area contributed by atoms with E-state index in [2.05, 4.69) is 25.1 Å². The molecule has 0 radical (unpaired) electrons. The molecule has 2 aromatic rings. The molecule has 0 spiro atoms. The first-order valence-corrected chi connectivity index (χ1v) is 7.69. The second kappa shape index (κ2) is 6.22. The van der Waals surface area contributed by atoms with E-state index in [1.54, 1.807) is 7.11 Å². The lowest BCUT2D eigenvalue weighted by molar-refractivity contribution is -0.133. The number of amides is 1. The number of nitrogens with zero attached hydrogens (tertiary/aromatic N) is 1. The van der Waals surface area contributed by atoms with Crippen LogP contribution in [0.5, 0.6) is 5.75 Å². The minimum atomic E-state index is 0.149. The fourth-order valence-corrected chi connectivity index (χ4v) is 3.13. The Morgan fingerprint density at radius 3 is 2.64 bits per heavy atom. The van der Waals surface area contributed by atoms with E-state index in [4.69, 9.17) is 4.74 Å². The SMILES string of the molecule is COc1ccc(CC(=O)N2CCc3ccccc3C2C)cc1. The Morgan fingerprint density at radius 1 is 1.18 bits per heavy atom. The fourth-order valence-electron chi connectivity index (χ4n) is 3.13. The Morgan fingerprint density at radius 2 is 1.91 bits per heavy atom. The van der Waals surface area contributed by atoms with E-state index in [1.807, 2.05) is 35.2 Å². The number of methoxy groups -OCH3 is 1. The molecule has 2 aromatic carbocycles. The van der Waals surface area contributed by atoms with Crippen molar-refractivity contribution in [3.63, 3.8) is 0 Å². The number of hydrogen-bond acceptors (Lipinski definition) is 2. The van der Waals surface area contributed by atoms with Crippen molar-refractivity contribution in [1.82, 2.24) is 4.90 Å². The quantitative estimate of drug-likeness (QED) is 0.868. The molecule has 0 N–H and O–H groups in total. The molecule has 0 saturated carbocycles. The Hall–Kier alpha value is -2.29. The number of carbonyl (C=O) groups excluding carboxylic acids is 1. The highest BCUT2D eigenvalue weighted by atomic mass is 16.5. The van der Waals surface area contributed by atoms with Crippen LogP contribution in [0.1, 0.15) is 29.7 Å². The zero-order chi connectivity index (χ0) is 15.5. The molecule has 114 valence electrons. The summed E-state index contributed by atoms with van der Waals surface area (Å²) in [6, 6.07) is 16.3. The summed E-state index contributed by atoms with van der Waals surface area (Å²) in [5.41, 5.74) is 3.66. The summed E-state index contributed by atoms with van der Waals surface area (Å²) in [7, 11) is 1.65. The van der Waals surface area contributed by atoms with Gasteiger partial charge in [0.2, 0.25) is 5.91 Å². The van der Waals surface area contributed by atoms with E-state index in [-0.39, 0.29) is 11.9 Å². The van der Waals surface area contributed by atoms with Gasteiger partial charge in [-0.25, -0.2) is 0 Å². The number of rotatable bonds is 3. The van der Waals surface area contributed by atoms with Gasteiger partial charge in [-0.05, 0) is 42.2 Å². The molecule has 0 fully saturated rings. The van der Waals surface area contributed by atoms with E-state index >= 15 is 0 Å². The summed E-state index contributed by atoms with van der Waals surface area (Å²) in [5, 5.41) is 0. The number of benzene rings is 2. The molecule has 1 heterocycles. The summed E-state index contributed by atoms with van der Waals surface area (Å²) in [6.07, 6.45) is 1.38. The zero-order valence-electron chi connectivity index (χ0n) is 13.1. The summed E-state index contributed by atoms with van der Waals surface area (Å²) in [6.45, 7) is 2.91. The van der Waals surface area contributed by atoms with Crippen molar-refractivity contribution >= 4 is 5.91 Å². The molecular formula is C19H21NO2. The van der Waals surface area contributed by atoms with Gasteiger partial charge in [-0.2, -0.15) is 0 Å². The van der Waals surface area contributed by atoms with Gasteiger partial charge in [0, 0.05) is 6.54 Å². The molecule has 3 nitrogen and oxygen atoms in total. The molecular weight excluding hydrogens is 274 g/mol. The smallest absolute Gasteiger partial charge is 0.227 e. The third-order valence-electron chi connectivity index (χ3n) is 4.43. The molecule has 1 atom stereocenters. The van der Waals surface area contributed by atoms with Crippen molar-refractivity contribution in [2.24, 2.45) is 0 Å². The van der Waals surface area contributed by atoms with E-state index in [1.165, 1.54) is 11.1 Å². The summed E-state index contributed by atoms with van der Waals surface area (Å²) in [5.74, 6) is 1.00. The Kier molecular flexibility index (Phi) is 4.14. The van der Waals surface area contributed by atoms with Crippen molar-refractivity contribution in [2.75, 3.05) is 13.7 Å². The topological polar surface area (TPSA) is 29.5 Å². The van der Waals surface area contributed by atoms with E-state index in [0.29, 0.717) is 6.42 Å². The molecule has 0 saturated heterocycles. The van der Waals surface area contributed by atoms with Crippen LogP contribution in [0.3, 0.4) is 0 Å². The minimum absolute atomic E-state index is 0.149. The standard InChI is InChI=1S/C19H21NO2/c1-14-18-6-4-3-5-16(18)11-12-20(14)19(21)13-15-7-9-17(22-2)10-8-15/h3-10,14H,11-13H2,1-2H3. The molecule has 22 heavy (non-hydrogen) atoms. The van der Waals surface area contributed by atoms with Crippen LogP contribution >= 0.6 is 0 Å². The van der Waals surface area contributed by atoms with E-state index in [0.717, 1.165) is 24.3 Å². The lowest BCUT2D eigenvalue weighted by Gasteiger charge is -2.35. The first-order chi connectivity index (χ1) is 10.7. The molecule has 3 rings (SSSR count). The molecule has 1 amide bonds. The molecule has 1 aliphatic heterocycles. The minimum Gasteiger partial charge on any atom is -0.497 e. The third-order valence-corrected chi connectivity index (χ3v) is 4.43. The number of hydrogen-bond donors (Lipinski definition) is 0. The second-order valence-electron chi connectivity index (χ2n) is 5.74. The van der Waals surface area contributed by atoms with Gasteiger partial charge in [0.25, 0.3) is 0 Å². The average Bonchev–Trinajstić information content (AvgIpc) is 2.56. The molecule has 3 heteroatoms. The highest BCUT2D eigenvalue weighted by Gasteiger charge is 2.26. The van der Waals surface area contributed by atoms with Crippen LogP contribution in [0, 0.1) is 0 Å². The fraction of sp³-hybridized carbons (Fsp3) is 0.316. The Labute approximate surface area is 131 Å². The average molecular weight is 295 g/mol. The first-order valence-electron chi connectivity index (χ1n) is 7.69. The largest absolute Gasteiger partial charge is 0.497 e. The van der Waals surface area contributed by atoms with Gasteiger partial charge in [0.15, 0.2) is 0 Å². The van der Waals surface area contributed by atoms with Crippen LogP contribution in [-0.2, 0) is 17.6 Å². The van der Waals surface area contributed by atoms with Crippen LogP contribution < -0.4 is 4.74 Å². The lowest BCUT2D eigenvalue weighted by Crippen LogP contribution is -2.39. The number of fused-ring (bicyclic) bond motifs is 1. The van der Waals surface area contributed by atoms with Crippen LogP contribution in [-0.4, -0.2) is 24.5 Å². The maximum Gasteiger partial charge on any atom is 0.227 e. The zero-order valence-corrected chi connectivity index (χ0v) is 13.1. The van der Waals surface area contributed by atoms with Gasteiger partial charge in [-0.3, -0.25) is 4.79 Å². The van der Waals surface area contributed by atoms with Crippen LogP contribution in [0.15, 0.2) is 48.5 Å². The highest BCUT2D eigenvalue weighted by molar-refractivity contribution is 5.79. The van der Waals surface area contributed by atoms with Crippen molar-refractivity contribution in [3.05, 3.63) is 65.2 Å². The van der Waals surface area contributed by atoms with Gasteiger partial charge in [0.05, 0.1) is 19.6 Å². The molecule has 1 aliphatic rings. The monoisotopic (exact) mass is 295 g/mol. The molecule has 0 aromatic heterocycles. The van der Waals surface area contributed by atoms with E-state index in [9.17, 15) is 4.79 Å². The van der Waals surface area contributed by atoms with Gasteiger partial charge >= 0.3 is 0 Å². The molecule has 1 unspecified atom stereocenters. The Balaban J connectivity index is 1.72. The highest BCUT2D eigenvalue weighted by Crippen LogP contribution is 2.29. The van der Waals surface area contributed by atoms with E-state index < -0.39 is 0 Å². The summed E-state index contributed by atoms with van der Waals surface area (Å²) < 4.78 is 5.15. The first kappa shape index (κ1) is 14.6. The van der Waals surface area contributed by atoms with Gasteiger partial charge < -0.3 is 9.64 Å². The number of carbonyl (C=O) groups is 1. The van der Waals surface area contributed by atoms with Gasteiger partial charge in [-0.15, -0.1) is 0 Å². The van der Waals surface area contributed by atoms with Crippen molar-refractivity contribution in [3.8, 4) is 5.75 Å². The maximum atomic E-state index is 12.6. The van der Waals surface area contributed by atoms with Crippen LogP contribution in [0.25, 0.3) is 0 Å². The van der Waals surface area contributed by atoms with Crippen LogP contribution in [0.4, 0.5) is 0 Å². The Bertz CT molecular complexity index is 663. The molecule has 0 aliphatic carbocycles. The predicted octanol–water partition coefficient (Wildman–Crippen LogP) is 3.38.